The van der Waals surface area contributed by atoms with Gasteiger partial charge >= 0.3 is 0 Å². The number of hydrogen-bond acceptors (Lipinski definition) is 1. The van der Waals surface area contributed by atoms with Gasteiger partial charge in [-0.2, -0.15) is 0 Å². The predicted molar refractivity (Wildman–Crippen MR) is 83.1 cm³/mol. The van der Waals surface area contributed by atoms with Crippen LogP contribution in [0.4, 0.5) is 0 Å². The number of hydrogen-bond donors (Lipinski definition) is 0. The highest BCUT2D eigenvalue weighted by atomic mass is 16.1. The monoisotopic (exact) mass is 258 g/mol. The summed E-state index contributed by atoms with van der Waals surface area (Å²) in [6.45, 7) is 2.14. The highest BCUT2D eigenvalue weighted by molar-refractivity contribution is 6.19. The number of fused-ring (bicyclic) bond motifs is 3. The van der Waals surface area contributed by atoms with Gasteiger partial charge in [0.15, 0.2) is 6.29 Å². The lowest BCUT2D eigenvalue weighted by atomic mass is 9.94. The molecule has 0 unspecified atom stereocenters. The summed E-state index contributed by atoms with van der Waals surface area (Å²) in [7, 11) is 0. The fraction of sp³-hybridized carbons (Fsp3) is 0.105. The molecular formula is C19H14O. The summed E-state index contributed by atoms with van der Waals surface area (Å²) >= 11 is 0. The Morgan fingerprint density at radius 2 is 1.45 bits per heavy atom. The molecule has 0 N–H and O–H groups in total. The van der Waals surface area contributed by atoms with Crippen molar-refractivity contribution in [2.24, 2.45) is 0 Å². The van der Waals surface area contributed by atoms with Crippen LogP contribution in [0.1, 0.15) is 22.8 Å². The molecule has 0 spiro atoms. The highest BCUT2D eigenvalue weighted by Crippen LogP contribution is 2.48. The minimum Gasteiger partial charge on any atom is -0.298 e. The molecule has 1 aliphatic carbocycles. The largest absolute Gasteiger partial charge is 0.298 e. The SMILES string of the molecule is CCc1ccc2c3c(ccc(C=O)c13)-c1ccccc1-2. The zero-order valence-electron chi connectivity index (χ0n) is 11.3. The first-order valence-electron chi connectivity index (χ1n) is 6.98. The quantitative estimate of drug-likeness (QED) is 0.469. The molecule has 20 heavy (non-hydrogen) atoms. The number of carbonyl (C=O) groups excluding carboxylic acids is 1. The van der Waals surface area contributed by atoms with Gasteiger partial charge in [0.1, 0.15) is 0 Å². The van der Waals surface area contributed by atoms with E-state index in [4.69, 9.17) is 0 Å². The zero-order valence-corrected chi connectivity index (χ0v) is 11.3. The van der Waals surface area contributed by atoms with Crippen molar-refractivity contribution in [1.82, 2.24) is 0 Å². The van der Waals surface area contributed by atoms with Crippen LogP contribution in [0.2, 0.25) is 0 Å². The van der Waals surface area contributed by atoms with E-state index >= 15 is 0 Å². The molecule has 1 aliphatic rings. The summed E-state index contributed by atoms with van der Waals surface area (Å²) in [5, 5.41) is 2.38. The van der Waals surface area contributed by atoms with E-state index in [2.05, 4.69) is 49.4 Å². The summed E-state index contributed by atoms with van der Waals surface area (Å²) in [5.74, 6) is 0. The molecule has 0 saturated heterocycles. The average Bonchev–Trinajstić information content (AvgIpc) is 2.84. The molecule has 0 aliphatic heterocycles. The molecule has 4 rings (SSSR count). The smallest absolute Gasteiger partial charge is 0.150 e. The number of rotatable bonds is 2. The molecule has 0 fully saturated rings. The Labute approximate surface area is 117 Å². The van der Waals surface area contributed by atoms with Crippen molar-refractivity contribution >= 4 is 17.1 Å². The van der Waals surface area contributed by atoms with Crippen molar-refractivity contribution in [3.63, 3.8) is 0 Å². The van der Waals surface area contributed by atoms with Crippen LogP contribution >= 0.6 is 0 Å². The molecule has 1 heteroatoms. The molecule has 3 aromatic rings. The molecule has 0 amide bonds. The summed E-state index contributed by atoms with van der Waals surface area (Å²) in [5.41, 5.74) is 7.12. The topological polar surface area (TPSA) is 17.1 Å². The second-order valence-corrected chi connectivity index (χ2v) is 5.24. The fourth-order valence-corrected chi connectivity index (χ4v) is 3.39. The van der Waals surface area contributed by atoms with Crippen LogP contribution in [0.15, 0.2) is 48.5 Å². The van der Waals surface area contributed by atoms with E-state index in [0.29, 0.717) is 0 Å². The van der Waals surface area contributed by atoms with Gasteiger partial charge in [-0.3, -0.25) is 4.79 Å². The third kappa shape index (κ3) is 1.30. The van der Waals surface area contributed by atoms with Crippen molar-refractivity contribution < 1.29 is 4.79 Å². The summed E-state index contributed by atoms with van der Waals surface area (Å²) in [4.78, 5) is 11.4. The van der Waals surface area contributed by atoms with Crippen molar-refractivity contribution in [2.45, 2.75) is 13.3 Å². The lowest BCUT2D eigenvalue weighted by Gasteiger charge is -2.09. The van der Waals surface area contributed by atoms with Gasteiger partial charge in [0.2, 0.25) is 0 Å². The van der Waals surface area contributed by atoms with E-state index in [-0.39, 0.29) is 0 Å². The lowest BCUT2D eigenvalue weighted by Crippen LogP contribution is -1.91. The second-order valence-electron chi connectivity index (χ2n) is 5.24. The third-order valence-electron chi connectivity index (χ3n) is 4.29. The van der Waals surface area contributed by atoms with Crippen LogP contribution in [0.25, 0.3) is 33.0 Å². The maximum absolute atomic E-state index is 11.4. The molecule has 96 valence electrons. The van der Waals surface area contributed by atoms with Gasteiger partial charge < -0.3 is 0 Å². The Balaban J connectivity index is 2.25. The Kier molecular flexibility index (Phi) is 2.31. The second kappa shape index (κ2) is 4.04. The first-order chi connectivity index (χ1) is 9.85. The van der Waals surface area contributed by atoms with E-state index in [1.54, 1.807) is 0 Å². The van der Waals surface area contributed by atoms with Crippen molar-refractivity contribution in [2.75, 3.05) is 0 Å². The normalized spacial score (nSPS) is 11.7. The van der Waals surface area contributed by atoms with Gasteiger partial charge in [-0.05, 0) is 45.0 Å². The molecule has 1 nitrogen and oxygen atoms in total. The molecule has 0 heterocycles. The Morgan fingerprint density at radius 3 is 2.05 bits per heavy atom. The van der Waals surface area contributed by atoms with E-state index in [1.165, 1.54) is 33.2 Å². The average molecular weight is 258 g/mol. The first-order valence-corrected chi connectivity index (χ1v) is 6.98. The van der Waals surface area contributed by atoms with Gasteiger partial charge in [0, 0.05) is 5.56 Å². The molecule has 3 aromatic carbocycles. The predicted octanol–water partition coefficient (Wildman–Crippen LogP) is 4.86. The molecule has 0 aromatic heterocycles. The van der Waals surface area contributed by atoms with Gasteiger partial charge in [0.25, 0.3) is 0 Å². The molecule has 0 atom stereocenters. The first kappa shape index (κ1) is 11.4. The number of benzene rings is 3. The fourth-order valence-electron chi connectivity index (χ4n) is 3.39. The van der Waals surface area contributed by atoms with Crippen LogP contribution in [0.3, 0.4) is 0 Å². The van der Waals surface area contributed by atoms with Gasteiger partial charge in [-0.15, -0.1) is 0 Å². The molecule has 0 bridgehead atoms. The Morgan fingerprint density at radius 1 is 0.800 bits per heavy atom. The molecule has 0 saturated carbocycles. The van der Waals surface area contributed by atoms with Crippen LogP contribution in [-0.4, -0.2) is 6.29 Å². The van der Waals surface area contributed by atoms with Crippen molar-refractivity contribution in [3.8, 4) is 22.3 Å². The van der Waals surface area contributed by atoms with Crippen molar-refractivity contribution in [1.29, 1.82) is 0 Å². The number of aryl methyl sites for hydroxylation is 1. The van der Waals surface area contributed by atoms with E-state index in [1.807, 2.05) is 6.07 Å². The number of carbonyl (C=O) groups is 1. The third-order valence-corrected chi connectivity index (χ3v) is 4.29. The standard InChI is InChI=1S/C19H14O/c1-2-12-7-9-16-14-5-3-4-6-15(14)17-10-8-13(11-20)18(12)19(16)17/h3-11H,2H2,1H3. The van der Waals surface area contributed by atoms with E-state index in [9.17, 15) is 4.79 Å². The summed E-state index contributed by atoms with van der Waals surface area (Å²) in [6.07, 6.45) is 1.92. The summed E-state index contributed by atoms with van der Waals surface area (Å²) in [6, 6.07) is 16.9. The maximum Gasteiger partial charge on any atom is 0.150 e. The van der Waals surface area contributed by atoms with Gasteiger partial charge in [-0.1, -0.05) is 55.5 Å². The zero-order chi connectivity index (χ0) is 13.7. The number of aldehydes is 1. The van der Waals surface area contributed by atoms with Crippen LogP contribution in [0, 0.1) is 0 Å². The Bertz CT molecular complexity index is 830. The van der Waals surface area contributed by atoms with Crippen LogP contribution in [-0.2, 0) is 6.42 Å². The van der Waals surface area contributed by atoms with Crippen LogP contribution < -0.4 is 0 Å². The highest BCUT2D eigenvalue weighted by Gasteiger charge is 2.22. The van der Waals surface area contributed by atoms with E-state index in [0.717, 1.165) is 23.7 Å². The van der Waals surface area contributed by atoms with Crippen molar-refractivity contribution in [3.05, 3.63) is 59.7 Å². The van der Waals surface area contributed by atoms with E-state index < -0.39 is 0 Å². The molecule has 0 radical (unpaired) electrons. The minimum atomic E-state index is 0.801. The Hall–Kier alpha value is -2.41. The van der Waals surface area contributed by atoms with Crippen LogP contribution in [0.5, 0.6) is 0 Å². The van der Waals surface area contributed by atoms with Gasteiger partial charge in [0.05, 0.1) is 0 Å². The maximum atomic E-state index is 11.4. The molecular weight excluding hydrogens is 244 g/mol. The minimum absolute atomic E-state index is 0.801. The summed E-state index contributed by atoms with van der Waals surface area (Å²) < 4.78 is 0. The lowest BCUT2D eigenvalue weighted by molar-refractivity contribution is 0.112. The van der Waals surface area contributed by atoms with Gasteiger partial charge in [-0.25, -0.2) is 0 Å².